The van der Waals surface area contributed by atoms with Crippen LogP contribution in [-0.4, -0.2) is 52.6 Å². The molecule has 1 aromatic carbocycles. The van der Waals surface area contributed by atoms with Gasteiger partial charge in [-0.3, -0.25) is 14.9 Å². The lowest BCUT2D eigenvalue weighted by atomic mass is 10.1. The highest BCUT2D eigenvalue weighted by Gasteiger charge is 2.23. The Hall–Kier alpha value is -2.46. The first-order valence-electron chi connectivity index (χ1n) is 8.11. The van der Waals surface area contributed by atoms with Crippen molar-refractivity contribution < 1.29 is 19.1 Å². The van der Waals surface area contributed by atoms with E-state index < -0.39 is 24.5 Å². The molecule has 0 bridgehead atoms. The Balaban J connectivity index is 1.89. The fourth-order valence-electron chi connectivity index (χ4n) is 2.06. The third-order valence-corrected chi connectivity index (χ3v) is 4.75. The first-order chi connectivity index (χ1) is 13.0. The molecular weight excluding hydrogens is 388 g/mol. The lowest BCUT2D eigenvalue weighted by molar-refractivity contribution is -0.149. The smallest absolute Gasteiger partial charge is 0.329 e. The van der Waals surface area contributed by atoms with Crippen LogP contribution in [0.1, 0.15) is 21.8 Å². The van der Waals surface area contributed by atoms with Crippen LogP contribution in [0.5, 0.6) is 0 Å². The predicted molar refractivity (Wildman–Crippen MR) is 105 cm³/mol. The minimum absolute atomic E-state index is 0.338. The van der Waals surface area contributed by atoms with Crippen LogP contribution in [0.15, 0.2) is 30.3 Å². The molecule has 1 aromatic heterocycles. The van der Waals surface area contributed by atoms with Gasteiger partial charge in [0.1, 0.15) is 11.0 Å². The Labute approximate surface area is 165 Å². The van der Waals surface area contributed by atoms with Crippen LogP contribution in [0.3, 0.4) is 0 Å². The van der Waals surface area contributed by atoms with Crippen LogP contribution in [-0.2, 0) is 14.3 Å². The summed E-state index contributed by atoms with van der Waals surface area (Å²) in [7, 11) is 0. The van der Waals surface area contributed by atoms with Gasteiger partial charge in [0.25, 0.3) is 11.8 Å². The normalized spacial score (nSPS) is 11.5. The highest BCUT2D eigenvalue weighted by Crippen LogP contribution is 2.13. The Bertz CT molecular complexity index is 782. The van der Waals surface area contributed by atoms with Gasteiger partial charge >= 0.3 is 5.97 Å². The molecule has 27 heavy (non-hydrogen) atoms. The summed E-state index contributed by atoms with van der Waals surface area (Å²) in [6, 6.07) is 7.76. The second-order valence-electron chi connectivity index (χ2n) is 5.46. The van der Waals surface area contributed by atoms with Gasteiger partial charge in [0, 0.05) is 5.56 Å². The molecular formula is C17H20N4O4S2. The van der Waals surface area contributed by atoms with Crippen molar-refractivity contribution in [3.63, 3.8) is 0 Å². The number of thioether (sulfide) groups is 1. The number of carbonyl (C=O) groups excluding carboxylic acids is 3. The number of hydrogen-bond donors (Lipinski definition) is 2. The maximum absolute atomic E-state index is 12.3. The molecule has 0 saturated heterocycles. The molecule has 1 heterocycles. The third kappa shape index (κ3) is 6.99. The Morgan fingerprint density at radius 2 is 1.96 bits per heavy atom. The number of amides is 2. The molecule has 1 atom stereocenters. The summed E-state index contributed by atoms with van der Waals surface area (Å²) < 4.78 is 5.06. The quantitative estimate of drug-likeness (QED) is 0.610. The van der Waals surface area contributed by atoms with E-state index in [1.165, 1.54) is 11.3 Å². The average Bonchev–Trinajstić information content (AvgIpc) is 3.08. The third-order valence-electron chi connectivity index (χ3n) is 3.35. The molecule has 8 nitrogen and oxygen atoms in total. The second-order valence-corrected chi connectivity index (χ2v) is 7.62. The molecule has 2 amide bonds. The monoisotopic (exact) mass is 408 g/mol. The van der Waals surface area contributed by atoms with E-state index in [0.717, 1.165) is 0 Å². The fraction of sp³-hybridized carbons (Fsp3) is 0.353. The zero-order chi connectivity index (χ0) is 19.6. The van der Waals surface area contributed by atoms with Crippen molar-refractivity contribution in [1.82, 2.24) is 15.5 Å². The van der Waals surface area contributed by atoms with Crippen molar-refractivity contribution in [2.45, 2.75) is 19.4 Å². The summed E-state index contributed by atoms with van der Waals surface area (Å²) in [5.41, 5.74) is 0.448. The molecule has 0 aliphatic carbocycles. The first-order valence-corrected chi connectivity index (χ1v) is 10.3. The summed E-state index contributed by atoms with van der Waals surface area (Å²) >= 11 is 2.77. The van der Waals surface area contributed by atoms with Crippen molar-refractivity contribution >= 4 is 46.0 Å². The molecule has 10 heteroatoms. The molecule has 0 aliphatic rings. The molecule has 0 aliphatic heterocycles. The summed E-state index contributed by atoms with van der Waals surface area (Å²) in [5.74, 6) is -0.882. The largest absolute Gasteiger partial charge is 0.454 e. The molecule has 0 unspecified atom stereocenters. The number of anilines is 1. The van der Waals surface area contributed by atoms with E-state index in [2.05, 4.69) is 20.8 Å². The van der Waals surface area contributed by atoms with Crippen molar-refractivity contribution in [1.29, 1.82) is 0 Å². The van der Waals surface area contributed by atoms with E-state index >= 15 is 0 Å². The number of nitrogens with zero attached hydrogens (tertiary/aromatic N) is 2. The Morgan fingerprint density at radius 1 is 1.22 bits per heavy atom. The number of hydrogen-bond acceptors (Lipinski definition) is 8. The van der Waals surface area contributed by atoms with Crippen LogP contribution in [0.2, 0.25) is 0 Å². The molecule has 0 spiro atoms. The van der Waals surface area contributed by atoms with Crippen LogP contribution in [0, 0.1) is 6.92 Å². The fourth-order valence-corrected chi connectivity index (χ4v) is 3.13. The molecule has 0 fully saturated rings. The van der Waals surface area contributed by atoms with Crippen LogP contribution >= 0.6 is 23.1 Å². The number of aryl methyl sites for hydroxylation is 1. The first kappa shape index (κ1) is 20.8. The number of ether oxygens (including phenoxy) is 1. The van der Waals surface area contributed by atoms with Crippen molar-refractivity contribution in [2.75, 3.05) is 23.9 Å². The van der Waals surface area contributed by atoms with Crippen molar-refractivity contribution in [3.8, 4) is 0 Å². The van der Waals surface area contributed by atoms with Gasteiger partial charge < -0.3 is 10.1 Å². The molecule has 144 valence electrons. The maximum atomic E-state index is 12.3. The number of carbonyl (C=O) groups is 3. The molecule has 0 saturated carbocycles. The van der Waals surface area contributed by atoms with Gasteiger partial charge in [-0.15, -0.1) is 10.2 Å². The Morgan fingerprint density at radius 3 is 2.59 bits per heavy atom. The van der Waals surface area contributed by atoms with Gasteiger partial charge in [-0.1, -0.05) is 29.5 Å². The second kappa shape index (κ2) is 10.6. The predicted octanol–water partition coefficient (Wildman–Crippen LogP) is 1.88. The topological polar surface area (TPSA) is 110 Å². The maximum Gasteiger partial charge on any atom is 0.329 e. The van der Waals surface area contributed by atoms with E-state index in [1.807, 2.05) is 6.26 Å². The number of aromatic nitrogens is 2. The minimum atomic E-state index is -0.832. The summed E-state index contributed by atoms with van der Waals surface area (Å²) in [5, 5.41) is 13.8. The highest BCUT2D eigenvalue weighted by atomic mass is 32.2. The SMILES string of the molecule is CSCC[C@@H](NC(=O)c1ccccc1)C(=O)OCC(=O)Nc1nnc(C)s1. The summed E-state index contributed by atoms with van der Waals surface area (Å²) in [6.45, 7) is 1.30. The van der Waals surface area contributed by atoms with E-state index in [4.69, 9.17) is 4.74 Å². The van der Waals surface area contributed by atoms with Gasteiger partial charge in [-0.05, 0) is 37.5 Å². The highest BCUT2D eigenvalue weighted by molar-refractivity contribution is 7.98. The Kier molecular flexibility index (Phi) is 8.21. The standard InChI is InChI=1S/C17H20N4O4S2/c1-11-20-21-17(27-11)19-14(22)10-25-16(24)13(8-9-26-2)18-15(23)12-6-4-3-5-7-12/h3-7,13H,8-10H2,1-2H3,(H,18,23)(H,19,21,22)/t13-/m1/s1. The molecule has 2 rings (SSSR count). The van der Waals surface area contributed by atoms with E-state index in [-0.39, 0.29) is 5.91 Å². The van der Waals surface area contributed by atoms with E-state index in [9.17, 15) is 14.4 Å². The molecule has 0 radical (unpaired) electrons. The van der Waals surface area contributed by atoms with Crippen LogP contribution < -0.4 is 10.6 Å². The van der Waals surface area contributed by atoms with E-state index in [0.29, 0.717) is 27.9 Å². The van der Waals surface area contributed by atoms with Gasteiger partial charge in [-0.25, -0.2) is 4.79 Å². The van der Waals surface area contributed by atoms with Gasteiger partial charge in [0.2, 0.25) is 5.13 Å². The van der Waals surface area contributed by atoms with Crippen molar-refractivity contribution in [3.05, 3.63) is 40.9 Å². The zero-order valence-electron chi connectivity index (χ0n) is 14.9. The summed E-state index contributed by atoms with van der Waals surface area (Å²) in [4.78, 5) is 36.5. The molecule has 2 N–H and O–H groups in total. The average molecular weight is 409 g/mol. The van der Waals surface area contributed by atoms with Gasteiger partial charge in [0.05, 0.1) is 0 Å². The van der Waals surface area contributed by atoms with Crippen LogP contribution in [0.4, 0.5) is 5.13 Å². The van der Waals surface area contributed by atoms with Crippen molar-refractivity contribution in [2.24, 2.45) is 0 Å². The lowest BCUT2D eigenvalue weighted by Gasteiger charge is -2.17. The van der Waals surface area contributed by atoms with Gasteiger partial charge in [-0.2, -0.15) is 11.8 Å². The number of rotatable bonds is 9. The van der Waals surface area contributed by atoms with E-state index in [1.54, 1.807) is 49.0 Å². The minimum Gasteiger partial charge on any atom is -0.454 e. The number of esters is 1. The van der Waals surface area contributed by atoms with Crippen LogP contribution in [0.25, 0.3) is 0 Å². The lowest BCUT2D eigenvalue weighted by Crippen LogP contribution is -2.43. The number of benzene rings is 1. The number of nitrogens with one attached hydrogen (secondary N) is 2. The summed E-state index contributed by atoms with van der Waals surface area (Å²) in [6.07, 6.45) is 2.30. The van der Waals surface area contributed by atoms with Gasteiger partial charge in [0.15, 0.2) is 6.61 Å². The zero-order valence-corrected chi connectivity index (χ0v) is 16.6. The molecule has 2 aromatic rings.